The second-order valence-electron chi connectivity index (χ2n) is 4.43. The van der Waals surface area contributed by atoms with Gasteiger partial charge in [-0.2, -0.15) is 5.21 Å². The fraction of sp³-hybridized carbons (Fsp3) is 0.417. The number of nitrogens with one attached hydrogen (secondary N) is 2. The Hall–Kier alpha value is -1.95. The summed E-state index contributed by atoms with van der Waals surface area (Å²) in [6, 6.07) is 8.37. The van der Waals surface area contributed by atoms with Crippen LogP contribution in [0, 0.1) is 0 Å². The van der Waals surface area contributed by atoms with E-state index in [1.807, 2.05) is 24.3 Å². The number of benzene rings is 1. The molecule has 18 heavy (non-hydrogen) atoms. The number of anilines is 1. The lowest BCUT2D eigenvalue weighted by Crippen LogP contribution is -2.26. The van der Waals surface area contributed by atoms with E-state index in [0.29, 0.717) is 11.9 Å². The van der Waals surface area contributed by atoms with Gasteiger partial charge in [0.15, 0.2) is 0 Å². The highest BCUT2D eigenvalue weighted by Crippen LogP contribution is 2.22. The van der Waals surface area contributed by atoms with Crippen LogP contribution in [0.2, 0.25) is 0 Å². The Balaban J connectivity index is 1.79. The monoisotopic (exact) mass is 245 g/mol. The van der Waals surface area contributed by atoms with Crippen LogP contribution in [0.3, 0.4) is 0 Å². The molecule has 1 aliphatic rings. The Kier molecular flexibility index (Phi) is 2.93. The van der Waals surface area contributed by atoms with E-state index in [-0.39, 0.29) is 6.10 Å². The molecule has 0 radical (unpaired) electrons. The smallest absolute Gasteiger partial charge is 0.204 e. The number of hydrogen-bond donors (Lipinski definition) is 2. The molecule has 2 atom stereocenters. The SMILES string of the molecule is CC1OCCC1Nc1cccc(-c2nn[nH]n2)c1. The minimum absolute atomic E-state index is 0.249. The van der Waals surface area contributed by atoms with Crippen molar-refractivity contribution in [3.8, 4) is 11.4 Å². The van der Waals surface area contributed by atoms with Gasteiger partial charge in [0.05, 0.1) is 12.1 Å². The average molecular weight is 245 g/mol. The number of hydrogen-bond acceptors (Lipinski definition) is 5. The van der Waals surface area contributed by atoms with Crippen LogP contribution in [0.15, 0.2) is 24.3 Å². The second kappa shape index (κ2) is 4.73. The Bertz CT molecular complexity index is 513. The molecule has 2 heterocycles. The van der Waals surface area contributed by atoms with Crippen molar-refractivity contribution < 1.29 is 4.74 Å². The van der Waals surface area contributed by atoms with Crippen LogP contribution in [0.1, 0.15) is 13.3 Å². The molecule has 0 saturated carbocycles. The Morgan fingerprint density at radius 1 is 1.44 bits per heavy atom. The first-order valence-corrected chi connectivity index (χ1v) is 6.05. The second-order valence-corrected chi connectivity index (χ2v) is 4.43. The third kappa shape index (κ3) is 2.19. The molecule has 6 nitrogen and oxygen atoms in total. The summed E-state index contributed by atoms with van der Waals surface area (Å²) < 4.78 is 5.54. The van der Waals surface area contributed by atoms with E-state index in [2.05, 4.69) is 32.9 Å². The maximum Gasteiger partial charge on any atom is 0.204 e. The minimum atomic E-state index is 0.249. The molecule has 2 unspecified atom stereocenters. The van der Waals surface area contributed by atoms with Gasteiger partial charge < -0.3 is 10.1 Å². The molecule has 0 aliphatic carbocycles. The van der Waals surface area contributed by atoms with Gasteiger partial charge in [0.2, 0.25) is 5.82 Å². The number of tetrazole rings is 1. The summed E-state index contributed by atoms with van der Waals surface area (Å²) in [6.45, 7) is 2.91. The third-order valence-corrected chi connectivity index (χ3v) is 3.19. The van der Waals surface area contributed by atoms with Crippen molar-refractivity contribution in [1.82, 2.24) is 20.6 Å². The zero-order valence-corrected chi connectivity index (χ0v) is 10.1. The summed E-state index contributed by atoms with van der Waals surface area (Å²) in [7, 11) is 0. The molecule has 2 aromatic rings. The molecule has 2 N–H and O–H groups in total. The van der Waals surface area contributed by atoms with Crippen molar-refractivity contribution in [2.75, 3.05) is 11.9 Å². The normalized spacial score (nSPS) is 23.2. The van der Waals surface area contributed by atoms with Crippen LogP contribution >= 0.6 is 0 Å². The van der Waals surface area contributed by atoms with Gasteiger partial charge in [-0.3, -0.25) is 0 Å². The maximum absolute atomic E-state index is 5.54. The van der Waals surface area contributed by atoms with Gasteiger partial charge in [0.1, 0.15) is 0 Å². The van der Waals surface area contributed by atoms with Gasteiger partial charge in [-0.05, 0) is 30.7 Å². The third-order valence-electron chi connectivity index (χ3n) is 3.19. The lowest BCUT2D eigenvalue weighted by molar-refractivity contribution is 0.121. The largest absolute Gasteiger partial charge is 0.380 e. The van der Waals surface area contributed by atoms with Crippen molar-refractivity contribution in [3.05, 3.63) is 24.3 Å². The number of H-pyrrole nitrogens is 1. The summed E-state index contributed by atoms with van der Waals surface area (Å²) >= 11 is 0. The van der Waals surface area contributed by atoms with E-state index in [1.165, 1.54) is 0 Å². The fourth-order valence-electron chi connectivity index (χ4n) is 2.17. The van der Waals surface area contributed by atoms with Gasteiger partial charge in [0.25, 0.3) is 0 Å². The first-order valence-electron chi connectivity index (χ1n) is 6.05. The van der Waals surface area contributed by atoms with Crippen LogP contribution in [-0.2, 0) is 4.74 Å². The van der Waals surface area contributed by atoms with E-state index in [4.69, 9.17) is 4.74 Å². The van der Waals surface area contributed by atoms with E-state index >= 15 is 0 Å². The molecule has 1 aromatic carbocycles. The quantitative estimate of drug-likeness (QED) is 0.856. The predicted octanol–water partition coefficient (Wildman–Crippen LogP) is 1.46. The highest BCUT2D eigenvalue weighted by Gasteiger charge is 2.23. The van der Waals surface area contributed by atoms with Crippen LogP contribution in [0.4, 0.5) is 5.69 Å². The van der Waals surface area contributed by atoms with Crippen LogP contribution in [-0.4, -0.2) is 39.4 Å². The first kappa shape index (κ1) is 11.2. The average Bonchev–Trinajstić information content (AvgIpc) is 3.02. The number of nitrogens with zero attached hydrogens (tertiary/aromatic N) is 3. The van der Waals surface area contributed by atoms with Gasteiger partial charge >= 0.3 is 0 Å². The maximum atomic E-state index is 5.54. The number of aromatic nitrogens is 4. The summed E-state index contributed by atoms with van der Waals surface area (Å²) in [5.74, 6) is 0.606. The van der Waals surface area contributed by atoms with Gasteiger partial charge in [-0.1, -0.05) is 12.1 Å². The molecule has 94 valence electrons. The Morgan fingerprint density at radius 3 is 3.11 bits per heavy atom. The zero-order valence-electron chi connectivity index (χ0n) is 10.1. The summed E-state index contributed by atoms with van der Waals surface area (Å²) in [4.78, 5) is 0. The summed E-state index contributed by atoms with van der Waals surface area (Å²) in [6.07, 6.45) is 1.28. The van der Waals surface area contributed by atoms with E-state index in [9.17, 15) is 0 Å². The molecule has 0 amide bonds. The number of ether oxygens (including phenoxy) is 1. The molecule has 0 bridgehead atoms. The van der Waals surface area contributed by atoms with Crippen molar-refractivity contribution in [2.24, 2.45) is 0 Å². The van der Waals surface area contributed by atoms with Crippen molar-refractivity contribution in [1.29, 1.82) is 0 Å². The fourth-order valence-corrected chi connectivity index (χ4v) is 2.17. The van der Waals surface area contributed by atoms with Crippen molar-refractivity contribution >= 4 is 5.69 Å². The van der Waals surface area contributed by atoms with E-state index in [0.717, 1.165) is 24.3 Å². The number of rotatable bonds is 3. The zero-order chi connectivity index (χ0) is 12.4. The highest BCUT2D eigenvalue weighted by molar-refractivity contribution is 5.62. The minimum Gasteiger partial charge on any atom is -0.380 e. The highest BCUT2D eigenvalue weighted by atomic mass is 16.5. The standard InChI is InChI=1S/C12H15N5O/c1-8-11(5-6-18-8)13-10-4-2-3-9(7-10)12-14-16-17-15-12/h2-4,7-8,11,13H,5-6H2,1H3,(H,14,15,16,17). The molecule has 3 rings (SSSR count). The lowest BCUT2D eigenvalue weighted by Gasteiger charge is -2.17. The molecule has 1 saturated heterocycles. The Morgan fingerprint density at radius 2 is 2.39 bits per heavy atom. The molecule has 1 aliphatic heterocycles. The first-order chi connectivity index (χ1) is 8.83. The van der Waals surface area contributed by atoms with Gasteiger partial charge in [-0.15, -0.1) is 10.2 Å². The van der Waals surface area contributed by atoms with Crippen molar-refractivity contribution in [2.45, 2.75) is 25.5 Å². The molecule has 6 heteroatoms. The van der Waals surface area contributed by atoms with Crippen LogP contribution in [0.25, 0.3) is 11.4 Å². The van der Waals surface area contributed by atoms with Crippen LogP contribution in [0.5, 0.6) is 0 Å². The summed E-state index contributed by atoms with van der Waals surface area (Å²) in [5.41, 5.74) is 2.00. The Labute approximate surface area is 105 Å². The molecular weight excluding hydrogens is 230 g/mol. The lowest BCUT2D eigenvalue weighted by atomic mass is 10.1. The summed E-state index contributed by atoms with van der Waals surface area (Å²) in [5, 5.41) is 17.5. The van der Waals surface area contributed by atoms with Gasteiger partial charge in [-0.25, -0.2) is 0 Å². The molecular formula is C12H15N5O. The number of aromatic amines is 1. The molecule has 1 aromatic heterocycles. The predicted molar refractivity (Wildman–Crippen MR) is 67.1 cm³/mol. The van der Waals surface area contributed by atoms with E-state index in [1.54, 1.807) is 0 Å². The van der Waals surface area contributed by atoms with E-state index < -0.39 is 0 Å². The topological polar surface area (TPSA) is 75.7 Å². The van der Waals surface area contributed by atoms with Crippen LogP contribution < -0.4 is 5.32 Å². The van der Waals surface area contributed by atoms with Crippen molar-refractivity contribution in [3.63, 3.8) is 0 Å². The molecule has 1 fully saturated rings. The molecule has 0 spiro atoms. The van der Waals surface area contributed by atoms with Gasteiger partial charge in [0, 0.05) is 17.9 Å².